The summed E-state index contributed by atoms with van der Waals surface area (Å²) in [6.07, 6.45) is 1.50. The molecule has 2 aromatic rings. The summed E-state index contributed by atoms with van der Waals surface area (Å²) in [5, 5.41) is 5.00. The Labute approximate surface area is 123 Å². The zero-order valence-electron chi connectivity index (χ0n) is 10.7. The first-order valence-electron chi connectivity index (χ1n) is 6.11. The van der Waals surface area contributed by atoms with Crippen LogP contribution in [0, 0.1) is 0 Å². The van der Waals surface area contributed by atoms with Crippen molar-refractivity contribution in [1.29, 1.82) is 0 Å². The lowest BCUT2D eigenvalue weighted by molar-refractivity contribution is -0.126. The summed E-state index contributed by atoms with van der Waals surface area (Å²) < 4.78 is 0.975. The lowest BCUT2D eigenvalue weighted by Crippen LogP contribution is -2.38. The number of thioether (sulfide) groups is 1. The van der Waals surface area contributed by atoms with Crippen molar-refractivity contribution in [2.45, 2.75) is 17.2 Å². The predicted molar refractivity (Wildman–Crippen MR) is 77.8 cm³/mol. The maximum Gasteiger partial charge on any atom is 0.324 e. The molecule has 3 heterocycles. The minimum Gasteiger partial charge on any atom is -0.336 e. The highest BCUT2D eigenvalue weighted by Crippen LogP contribution is 2.31. The number of carbonyl (C=O) groups excluding carboxylic acids is 2. The van der Waals surface area contributed by atoms with Crippen LogP contribution in [-0.2, 0) is 4.79 Å². The van der Waals surface area contributed by atoms with Gasteiger partial charge in [0.2, 0.25) is 5.91 Å². The maximum atomic E-state index is 12.2. The van der Waals surface area contributed by atoms with E-state index in [1.807, 2.05) is 11.4 Å². The van der Waals surface area contributed by atoms with Gasteiger partial charge in [0.15, 0.2) is 0 Å². The SMILES string of the molecule is CC(Sc1ncnc2ccsc12)C(=O)N1CCNC1=O. The Morgan fingerprint density at radius 2 is 2.40 bits per heavy atom. The quantitative estimate of drug-likeness (QED) is 0.690. The number of imide groups is 1. The highest BCUT2D eigenvalue weighted by Gasteiger charge is 2.30. The van der Waals surface area contributed by atoms with E-state index in [-0.39, 0.29) is 17.2 Å². The minimum absolute atomic E-state index is 0.187. The van der Waals surface area contributed by atoms with Crippen molar-refractivity contribution in [2.75, 3.05) is 13.1 Å². The lowest BCUT2D eigenvalue weighted by Gasteiger charge is -2.17. The number of thiophene rings is 1. The fourth-order valence-electron chi connectivity index (χ4n) is 1.97. The number of nitrogens with one attached hydrogen (secondary N) is 1. The van der Waals surface area contributed by atoms with E-state index >= 15 is 0 Å². The first-order valence-corrected chi connectivity index (χ1v) is 7.87. The molecule has 0 radical (unpaired) electrons. The second-order valence-electron chi connectivity index (χ2n) is 4.30. The van der Waals surface area contributed by atoms with Gasteiger partial charge < -0.3 is 5.32 Å². The van der Waals surface area contributed by atoms with Crippen molar-refractivity contribution >= 4 is 45.3 Å². The molecule has 1 saturated heterocycles. The van der Waals surface area contributed by atoms with Gasteiger partial charge in [-0.1, -0.05) is 11.8 Å². The van der Waals surface area contributed by atoms with Crippen LogP contribution in [0.2, 0.25) is 0 Å². The molecule has 8 heteroatoms. The molecular weight excluding hydrogens is 296 g/mol. The molecule has 104 valence electrons. The van der Waals surface area contributed by atoms with Crippen molar-refractivity contribution in [2.24, 2.45) is 0 Å². The zero-order chi connectivity index (χ0) is 14.1. The van der Waals surface area contributed by atoms with Gasteiger partial charge in [0.05, 0.1) is 15.5 Å². The predicted octanol–water partition coefficient (Wildman–Crippen LogP) is 1.72. The number of hydrogen-bond acceptors (Lipinski definition) is 6. The molecule has 0 spiro atoms. The molecule has 20 heavy (non-hydrogen) atoms. The molecule has 1 N–H and O–H groups in total. The molecule has 0 bridgehead atoms. The van der Waals surface area contributed by atoms with Crippen molar-refractivity contribution in [3.63, 3.8) is 0 Å². The Morgan fingerprint density at radius 1 is 1.55 bits per heavy atom. The topological polar surface area (TPSA) is 75.2 Å². The van der Waals surface area contributed by atoms with E-state index in [2.05, 4.69) is 15.3 Å². The largest absolute Gasteiger partial charge is 0.336 e. The third-order valence-corrected chi connectivity index (χ3v) is 5.10. The standard InChI is InChI=1S/C12H12N4O2S2/c1-7(11(17)16-4-3-13-12(16)18)20-10-9-8(2-5-19-9)14-6-15-10/h2,5-7H,3-4H2,1H3,(H,13,18). The molecule has 1 unspecified atom stereocenters. The van der Waals surface area contributed by atoms with Gasteiger partial charge in [-0.3, -0.25) is 9.69 Å². The number of urea groups is 1. The van der Waals surface area contributed by atoms with Gasteiger partial charge in [0.1, 0.15) is 11.4 Å². The number of amides is 3. The molecule has 0 aromatic carbocycles. The molecule has 3 rings (SSSR count). The molecule has 1 atom stereocenters. The number of rotatable bonds is 3. The monoisotopic (exact) mass is 308 g/mol. The summed E-state index contributed by atoms with van der Waals surface area (Å²) in [5.74, 6) is -0.187. The van der Waals surface area contributed by atoms with Crippen LogP contribution in [0.4, 0.5) is 4.79 Å². The first-order chi connectivity index (χ1) is 9.66. The summed E-state index contributed by atoms with van der Waals surface area (Å²) in [5.41, 5.74) is 0.881. The number of aromatic nitrogens is 2. The van der Waals surface area contributed by atoms with Crippen LogP contribution in [0.25, 0.3) is 10.2 Å². The lowest BCUT2D eigenvalue weighted by atomic mass is 10.4. The van der Waals surface area contributed by atoms with E-state index in [1.54, 1.807) is 18.3 Å². The van der Waals surface area contributed by atoms with Crippen molar-refractivity contribution in [3.8, 4) is 0 Å². The number of carbonyl (C=O) groups is 2. The molecule has 1 aliphatic heterocycles. The Bertz CT molecular complexity index is 672. The van der Waals surface area contributed by atoms with Gasteiger partial charge in [0, 0.05) is 13.1 Å². The van der Waals surface area contributed by atoms with Crippen molar-refractivity contribution < 1.29 is 9.59 Å². The van der Waals surface area contributed by atoms with Crippen molar-refractivity contribution in [1.82, 2.24) is 20.2 Å². The summed E-state index contributed by atoms with van der Waals surface area (Å²) in [7, 11) is 0. The molecule has 1 fully saturated rings. The molecule has 1 aliphatic rings. The van der Waals surface area contributed by atoms with Gasteiger partial charge in [-0.2, -0.15) is 0 Å². The smallest absolute Gasteiger partial charge is 0.324 e. The van der Waals surface area contributed by atoms with Gasteiger partial charge in [-0.05, 0) is 18.4 Å². The van der Waals surface area contributed by atoms with Gasteiger partial charge in [0.25, 0.3) is 0 Å². The number of fused-ring (bicyclic) bond motifs is 1. The average molecular weight is 308 g/mol. The molecule has 0 saturated carbocycles. The average Bonchev–Trinajstić information content (AvgIpc) is 3.06. The minimum atomic E-state index is -0.362. The van der Waals surface area contributed by atoms with Crippen LogP contribution in [0.3, 0.4) is 0 Å². The van der Waals surface area contributed by atoms with E-state index < -0.39 is 0 Å². The molecule has 6 nitrogen and oxygen atoms in total. The van der Waals surface area contributed by atoms with E-state index in [0.29, 0.717) is 13.1 Å². The van der Waals surface area contributed by atoms with E-state index in [9.17, 15) is 9.59 Å². The van der Waals surface area contributed by atoms with Crippen molar-refractivity contribution in [3.05, 3.63) is 17.8 Å². The van der Waals surface area contributed by atoms with E-state index in [4.69, 9.17) is 0 Å². The Morgan fingerprint density at radius 3 is 3.15 bits per heavy atom. The van der Waals surface area contributed by atoms with Gasteiger partial charge in [-0.25, -0.2) is 14.8 Å². The molecule has 3 amide bonds. The number of nitrogens with zero attached hydrogens (tertiary/aromatic N) is 3. The molecule has 2 aromatic heterocycles. The second-order valence-corrected chi connectivity index (χ2v) is 6.54. The first kappa shape index (κ1) is 13.3. The Hall–Kier alpha value is -1.67. The van der Waals surface area contributed by atoms with Crippen LogP contribution < -0.4 is 5.32 Å². The summed E-state index contributed by atoms with van der Waals surface area (Å²) in [4.78, 5) is 33.4. The van der Waals surface area contributed by atoms with Crippen LogP contribution >= 0.6 is 23.1 Å². The highest BCUT2D eigenvalue weighted by atomic mass is 32.2. The normalized spacial score (nSPS) is 16.4. The van der Waals surface area contributed by atoms with Crippen LogP contribution in [0.1, 0.15) is 6.92 Å². The third-order valence-electron chi connectivity index (χ3n) is 2.97. The summed E-state index contributed by atoms with van der Waals surface area (Å²) in [6, 6.07) is 1.61. The Kier molecular flexibility index (Phi) is 3.58. The molecular formula is C12H12N4O2S2. The van der Waals surface area contributed by atoms with Crippen LogP contribution in [0.5, 0.6) is 0 Å². The van der Waals surface area contributed by atoms with E-state index in [1.165, 1.54) is 23.0 Å². The highest BCUT2D eigenvalue weighted by molar-refractivity contribution is 8.00. The summed E-state index contributed by atoms with van der Waals surface area (Å²) in [6.45, 7) is 2.74. The third kappa shape index (κ3) is 2.36. The zero-order valence-corrected chi connectivity index (χ0v) is 12.3. The van der Waals surface area contributed by atoms with E-state index in [0.717, 1.165) is 15.2 Å². The maximum absolute atomic E-state index is 12.2. The second kappa shape index (κ2) is 5.37. The van der Waals surface area contributed by atoms with Gasteiger partial charge in [-0.15, -0.1) is 11.3 Å². The summed E-state index contributed by atoms with van der Waals surface area (Å²) >= 11 is 2.91. The fraction of sp³-hybridized carbons (Fsp3) is 0.333. The fourth-order valence-corrected chi connectivity index (χ4v) is 3.87. The van der Waals surface area contributed by atoms with Crippen LogP contribution in [-0.4, -0.2) is 45.1 Å². The van der Waals surface area contributed by atoms with Crippen LogP contribution in [0.15, 0.2) is 22.8 Å². The molecule has 0 aliphatic carbocycles. The van der Waals surface area contributed by atoms with Gasteiger partial charge >= 0.3 is 6.03 Å². The Balaban J connectivity index is 1.78. The number of hydrogen-bond donors (Lipinski definition) is 1.